The van der Waals surface area contributed by atoms with E-state index in [9.17, 15) is 8.42 Å². The maximum atomic E-state index is 12.6. The van der Waals surface area contributed by atoms with Crippen LogP contribution in [0.15, 0.2) is 23.1 Å². The molecular weight excluding hydrogens is 323 g/mol. The van der Waals surface area contributed by atoms with Crippen LogP contribution in [-0.2, 0) is 10.0 Å². The molecule has 0 amide bonds. The molecule has 1 aromatic carbocycles. The van der Waals surface area contributed by atoms with Crippen LogP contribution in [0.1, 0.15) is 11.4 Å². The molecular formula is C12H12Cl2N2O3S. The summed E-state index contributed by atoms with van der Waals surface area (Å²) in [7, 11) is -2.47. The number of aromatic nitrogens is 2. The summed E-state index contributed by atoms with van der Waals surface area (Å²) >= 11 is 12.0. The highest BCUT2D eigenvalue weighted by atomic mass is 35.5. The van der Waals surface area contributed by atoms with Crippen molar-refractivity contribution in [2.24, 2.45) is 0 Å². The number of nitrogens with zero attached hydrogens (tertiary/aromatic N) is 2. The average molecular weight is 335 g/mol. The summed E-state index contributed by atoms with van der Waals surface area (Å²) in [5, 5.41) is 4.16. The van der Waals surface area contributed by atoms with Crippen LogP contribution in [0.3, 0.4) is 0 Å². The van der Waals surface area contributed by atoms with E-state index < -0.39 is 10.0 Å². The van der Waals surface area contributed by atoms with Gasteiger partial charge in [0, 0.05) is 6.07 Å². The Hall–Kier alpha value is -1.24. The second kappa shape index (κ2) is 5.27. The Balaban J connectivity index is 2.67. The van der Waals surface area contributed by atoms with Crippen molar-refractivity contribution < 1.29 is 13.2 Å². The van der Waals surface area contributed by atoms with Crippen LogP contribution in [0.25, 0.3) is 0 Å². The van der Waals surface area contributed by atoms with Gasteiger partial charge in [0.2, 0.25) is 0 Å². The molecule has 0 bridgehead atoms. The van der Waals surface area contributed by atoms with Gasteiger partial charge in [0.05, 0.1) is 28.5 Å². The highest BCUT2D eigenvalue weighted by molar-refractivity contribution is 7.90. The summed E-state index contributed by atoms with van der Waals surface area (Å²) < 4.78 is 31.0. The minimum atomic E-state index is -3.89. The maximum absolute atomic E-state index is 12.6. The van der Waals surface area contributed by atoms with Crippen LogP contribution in [0, 0.1) is 13.8 Å². The molecule has 1 heterocycles. The zero-order chi connectivity index (χ0) is 15.1. The van der Waals surface area contributed by atoms with Crippen molar-refractivity contribution in [1.82, 2.24) is 9.19 Å². The zero-order valence-electron chi connectivity index (χ0n) is 11.0. The predicted molar refractivity (Wildman–Crippen MR) is 77.3 cm³/mol. The fraction of sp³-hybridized carbons (Fsp3) is 0.250. The number of aryl methyl sites for hydroxylation is 2. The molecule has 0 radical (unpaired) electrons. The first-order chi connectivity index (χ1) is 9.27. The normalized spacial score (nSPS) is 11.7. The van der Waals surface area contributed by atoms with Gasteiger partial charge in [0.15, 0.2) is 0 Å². The lowest BCUT2D eigenvalue weighted by Crippen LogP contribution is -2.16. The molecule has 2 rings (SSSR count). The van der Waals surface area contributed by atoms with Crippen molar-refractivity contribution in [3.05, 3.63) is 39.6 Å². The van der Waals surface area contributed by atoms with Crippen LogP contribution in [0.4, 0.5) is 0 Å². The van der Waals surface area contributed by atoms with E-state index in [2.05, 4.69) is 5.10 Å². The molecule has 0 saturated heterocycles. The van der Waals surface area contributed by atoms with Crippen LogP contribution in [0.5, 0.6) is 5.75 Å². The summed E-state index contributed by atoms with van der Waals surface area (Å²) in [6.45, 7) is 3.36. The molecule has 108 valence electrons. The van der Waals surface area contributed by atoms with Crippen LogP contribution in [-0.4, -0.2) is 24.7 Å². The number of hydrogen-bond donors (Lipinski definition) is 0. The van der Waals surface area contributed by atoms with E-state index in [4.69, 9.17) is 27.9 Å². The molecule has 0 atom stereocenters. The first-order valence-corrected chi connectivity index (χ1v) is 7.79. The Kier molecular flexibility index (Phi) is 4.00. The molecule has 5 nitrogen and oxygen atoms in total. The number of ether oxygens (including phenoxy) is 1. The van der Waals surface area contributed by atoms with Gasteiger partial charge < -0.3 is 4.74 Å². The molecule has 8 heteroatoms. The zero-order valence-corrected chi connectivity index (χ0v) is 13.3. The number of benzene rings is 1. The third-order valence-electron chi connectivity index (χ3n) is 2.68. The first-order valence-electron chi connectivity index (χ1n) is 5.59. The molecule has 0 unspecified atom stereocenters. The van der Waals surface area contributed by atoms with E-state index in [1.807, 2.05) is 0 Å². The molecule has 0 fully saturated rings. The molecule has 0 aliphatic carbocycles. The molecule has 0 N–H and O–H groups in total. The molecule has 0 aliphatic heterocycles. The molecule has 0 aliphatic rings. The lowest BCUT2D eigenvalue weighted by atomic mass is 10.3. The highest BCUT2D eigenvalue weighted by Gasteiger charge is 2.25. The Labute approximate surface area is 127 Å². The molecule has 20 heavy (non-hydrogen) atoms. The monoisotopic (exact) mass is 334 g/mol. The van der Waals surface area contributed by atoms with Gasteiger partial charge in [-0.05, 0) is 26.0 Å². The van der Waals surface area contributed by atoms with Crippen molar-refractivity contribution in [3.8, 4) is 5.75 Å². The number of rotatable bonds is 3. The fourth-order valence-electron chi connectivity index (χ4n) is 1.81. The number of hydrogen-bond acceptors (Lipinski definition) is 4. The van der Waals surface area contributed by atoms with E-state index >= 15 is 0 Å². The molecule has 2 aromatic rings. The van der Waals surface area contributed by atoms with Crippen LogP contribution < -0.4 is 4.74 Å². The lowest BCUT2D eigenvalue weighted by molar-refractivity contribution is 0.414. The van der Waals surface area contributed by atoms with Crippen molar-refractivity contribution in [2.75, 3.05) is 7.11 Å². The highest BCUT2D eigenvalue weighted by Crippen LogP contribution is 2.34. The Bertz CT molecular complexity index is 769. The third kappa shape index (κ3) is 2.51. The van der Waals surface area contributed by atoms with Gasteiger partial charge in [-0.3, -0.25) is 0 Å². The van der Waals surface area contributed by atoms with Crippen molar-refractivity contribution >= 4 is 33.2 Å². The fourth-order valence-corrected chi connectivity index (χ4v) is 3.99. The van der Waals surface area contributed by atoms with Crippen molar-refractivity contribution in [3.63, 3.8) is 0 Å². The van der Waals surface area contributed by atoms with Crippen molar-refractivity contribution in [1.29, 1.82) is 0 Å². The summed E-state index contributed by atoms with van der Waals surface area (Å²) in [6, 6.07) is 4.29. The molecule has 0 saturated carbocycles. The second-order valence-corrected chi connectivity index (χ2v) is 6.74. The molecule has 1 aromatic heterocycles. The van der Waals surface area contributed by atoms with Crippen LogP contribution in [0.2, 0.25) is 10.0 Å². The first kappa shape index (κ1) is 15.2. The minimum Gasteiger partial charge on any atom is -0.495 e. The lowest BCUT2D eigenvalue weighted by Gasteiger charge is -2.11. The minimum absolute atomic E-state index is 0.0267. The van der Waals surface area contributed by atoms with Gasteiger partial charge in [0.1, 0.15) is 10.6 Å². The third-order valence-corrected chi connectivity index (χ3v) is 5.12. The largest absolute Gasteiger partial charge is 0.495 e. The summed E-state index contributed by atoms with van der Waals surface area (Å²) in [4.78, 5) is -0.115. The quantitative estimate of drug-likeness (QED) is 0.865. The number of methoxy groups -OCH3 is 1. The van der Waals surface area contributed by atoms with E-state index in [-0.39, 0.29) is 14.9 Å². The van der Waals surface area contributed by atoms with Gasteiger partial charge in [-0.15, -0.1) is 0 Å². The van der Waals surface area contributed by atoms with Gasteiger partial charge in [0.25, 0.3) is 10.0 Å². The Morgan fingerprint density at radius 2 is 1.80 bits per heavy atom. The van der Waals surface area contributed by atoms with Crippen LogP contribution >= 0.6 is 23.2 Å². The Morgan fingerprint density at radius 3 is 2.30 bits per heavy atom. The van der Waals surface area contributed by atoms with E-state index in [1.54, 1.807) is 19.9 Å². The van der Waals surface area contributed by atoms with Crippen molar-refractivity contribution in [2.45, 2.75) is 18.7 Å². The average Bonchev–Trinajstić information content (AvgIpc) is 2.71. The summed E-state index contributed by atoms with van der Waals surface area (Å²) in [6.07, 6.45) is 0. The summed E-state index contributed by atoms with van der Waals surface area (Å²) in [5.74, 6) is 0.309. The number of halogens is 2. The van der Waals surface area contributed by atoms with E-state index in [0.717, 1.165) is 4.09 Å². The predicted octanol–water partition coefficient (Wildman–Crippen LogP) is 3.05. The summed E-state index contributed by atoms with van der Waals surface area (Å²) in [5.41, 5.74) is 1.09. The maximum Gasteiger partial charge on any atom is 0.284 e. The van der Waals surface area contributed by atoms with E-state index in [0.29, 0.717) is 17.1 Å². The standard InChI is InChI=1S/C12H12Cl2N2O3S/c1-7-4-8(2)16(15-7)20(17,18)12-6-9(13)11(19-3)5-10(12)14/h4-6H,1-3H3. The van der Waals surface area contributed by atoms with Gasteiger partial charge in [-0.1, -0.05) is 23.2 Å². The van der Waals surface area contributed by atoms with Gasteiger partial charge in [-0.25, -0.2) is 0 Å². The van der Waals surface area contributed by atoms with Gasteiger partial charge in [-0.2, -0.15) is 17.6 Å². The second-order valence-electron chi connectivity index (χ2n) is 4.19. The van der Waals surface area contributed by atoms with E-state index in [1.165, 1.54) is 19.2 Å². The molecule has 0 spiro atoms. The Morgan fingerprint density at radius 1 is 1.15 bits per heavy atom. The topological polar surface area (TPSA) is 61.2 Å². The SMILES string of the molecule is COc1cc(Cl)c(S(=O)(=O)n2nc(C)cc2C)cc1Cl. The smallest absolute Gasteiger partial charge is 0.284 e. The van der Waals surface area contributed by atoms with Gasteiger partial charge >= 0.3 is 0 Å².